The molecule has 29 heavy (non-hydrogen) atoms. The van der Waals surface area contributed by atoms with E-state index in [2.05, 4.69) is 4.98 Å². The van der Waals surface area contributed by atoms with Crippen molar-refractivity contribution in [2.45, 2.75) is 5.03 Å². The number of aromatic nitrogens is 1. The van der Waals surface area contributed by atoms with Crippen LogP contribution in [0.25, 0.3) is 22.0 Å². The molecular weight excluding hydrogens is 429 g/mol. The summed E-state index contributed by atoms with van der Waals surface area (Å²) in [6.45, 7) is 0. The molecule has 7 heteroatoms. The Morgan fingerprint density at radius 3 is 2.21 bits per heavy atom. The van der Waals surface area contributed by atoms with E-state index in [-0.39, 0.29) is 10.8 Å². The first-order valence-electron chi connectivity index (χ1n) is 8.66. The average molecular weight is 444 g/mol. The van der Waals surface area contributed by atoms with Crippen molar-refractivity contribution in [2.75, 3.05) is 6.26 Å². The third-order valence-electron chi connectivity index (χ3n) is 4.62. The van der Waals surface area contributed by atoms with Crippen LogP contribution >= 0.6 is 23.2 Å². The van der Waals surface area contributed by atoms with Crippen molar-refractivity contribution >= 4 is 49.7 Å². The summed E-state index contributed by atoms with van der Waals surface area (Å²) >= 11 is 12.0. The molecular formula is C22H15Cl2NO3S. The molecule has 0 spiro atoms. The Morgan fingerprint density at radius 2 is 1.55 bits per heavy atom. The molecule has 0 atom stereocenters. The smallest absolute Gasteiger partial charge is 0.193 e. The Balaban J connectivity index is 1.95. The van der Waals surface area contributed by atoms with E-state index < -0.39 is 9.84 Å². The van der Waals surface area contributed by atoms with Crippen LogP contribution in [0.1, 0.15) is 15.9 Å². The first-order valence-corrected chi connectivity index (χ1v) is 11.3. The van der Waals surface area contributed by atoms with Crippen LogP contribution < -0.4 is 0 Å². The number of benzene rings is 3. The number of carbonyl (C=O) groups is 1. The lowest BCUT2D eigenvalue weighted by molar-refractivity contribution is 0.103. The van der Waals surface area contributed by atoms with Crippen LogP contribution in [0.3, 0.4) is 0 Å². The van der Waals surface area contributed by atoms with Crippen LogP contribution in [-0.4, -0.2) is 25.4 Å². The van der Waals surface area contributed by atoms with Gasteiger partial charge in [-0.1, -0.05) is 35.3 Å². The Kier molecular flexibility index (Phi) is 4.99. The lowest BCUT2D eigenvalue weighted by Gasteiger charge is -2.06. The van der Waals surface area contributed by atoms with Crippen molar-refractivity contribution in [1.29, 1.82) is 0 Å². The molecule has 1 heterocycles. The van der Waals surface area contributed by atoms with E-state index >= 15 is 0 Å². The quantitative estimate of drug-likeness (QED) is 0.406. The van der Waals surface area contributed by atoms with Gasteiger partial charge in [0.05, 0.1) is 0 Å². The topological polar surface area (TPSA) is 67.0 Å². The molecule has 0 radical (unpaired) electrons. The van der Waals surface area contributed by atoms with Gasteiger partial charge in [0.15, 0.2) is 15.6 Å². The van der Waals surface area contributed by atoms with Crippen molar-refractivity contribution in [3.05, 3.63) is 87.9 Å². The lowest BCUT2D eigenvalue weighted by Crippen LogP contribution is -2.00. The number of halogens is 2. The number of sulfone groups is 1. The molecule has 0 amide bonds. The zero-order valence-electron chi connectivity index (χ0n) is 15.2. The number of ketones is 1. The monoisotopic (exact) mass is 443 g/mol. The van der Waals surface area contributed by atoms with Crippen LogP contribution in [0.2, 0.25) is 10.0 Å². The zero-order valence-corrected chi connectivity index (χ0v) is 17.6. The predicted octanol–water partition coefficient (Wildman–Crippen LogP) is 5.78. The van der Waals surface area contributed by atoms with Gasteiger partial charge >= 0.3 is 0 Å². The largest absolute Gasteiger partial charge is 0.345 e. The van der Waals surface area contributed by atoms with Crippen LogP contribution in [0.5, 0.6) is 0 Å². The molecule has 0 unspecified atom stereocenters. The van der Waals surface area contributed by atoms with E-state index in [1.165, 1.54) is 0 Å². The maximum Gasteiger partial charge on any atom is 0.193 e. The van der Waals surface area contributed by atoms with Gasteiger partial charge in [-0.25, -0.2) is 8.42 Å². The maximum absolute atomic E-state index is 12.9. The Hall–Kier alpha value is -2.60. The number of carbonyl (C=O) groups excluding carboxylic acids is 1. The molecule has 4 aromatic rings. The van der Waals surface area contributed by atoms with E-state index in [1.54, 1.807) is 66.7 Å². The number of nitrogens with one attached hydrogen (secondary N) is 1. The first-order chi connectivity index (χ1) is 13.7. The van der Waals surface area contributed by atoms with Crippen LogP contribution in [0.4, 0.5) is 0 Å². The molecule has 4 nitrogen and oxygen atoms in total. The highest BCUT2D eigenvalue weighted by molar-refractivity contribution is 7.90. The van der Waals surface area contributed by atoms with Gasteiger partial charge < -0.3 is 4.98 Å². The minimum Gasteiger partial charge on any atom is -0.345 e. The molecule has 0 saturated heterocycles. The molecule has 0 aliphatic heterocycles. The molecule has 0 bridgehead atoms. The minimum atomic E-state index is -3.54. The molecule has 4 rings (SSSR count). The zero-order chi connectivity index (χ0) is 20.8. The summed E-state index contributed by atoms with van der Waals surface area (Å²) in [5.74, 6) is -0.178. The highest BCUT2D eigenvalue weighted by Crippen LogP contribution is 2.36. The molecule has 3 aromatic carbocycles. The fourth-order valence-electron chi connectivity index (χ4n) is 3.29. The van der Waals surface area contributed by atoms with E-state index in [0.717, 1.165) is 6.26 Å². The van der Waals surface area contributed by atoms with Crippen molar-refractivity contribution in [3.8, 4) is 11.1 Å². The van der Waals surface area contributed by atoms with Crippen molar-refractivity contribution in [1.82, 2.24) is 4.98 Å². The second kappa shape index (κ2) is 7.34. The van der Waals surface area contributed by atoms with Gasteiger partial charge in [-0.2, -0.15) is 0 Å². The molecule has 1 N–H and O–H groups in total. The SMILES string of the molecule is CS(=O)(=O)c1[nH]c2ccc(C(=O)c3ccc(Cl)cc3)cc2c1-c1cccc(Cl)c1. The van der Waals surface area contributed by atoms with Gasteiger partial charge in [0.25, 0.3) is 0 Å². The second-order valence-electron chi connectivity index (χ2n) is 6.71. The van der Waals surface area contributed by atoms with Gasteiger partial charge in [-0.15, -0.1) is 0 Å². The first kappa shape index (κ1) is 19.7. The number of fused-ring (bicyclic) bond motifs is 1. The van der Waals surface area contributed by atoms with Gasteiger partial charge in [0.1, 0.15) is 5.03 Å². The normalized spacial score (nSPS) is 11.7. The number of rotatable bonds is 4. The van der Waals surface area contributed by atoms with E-state index in [1.807, 2.05) is 0 Å². The van der Waals surface area contributed by atoms with Crippen molar-refractivity contribution in [2.24, 2.45) is 0 Å². The summed E-state index contributed by atoms with van der Waals surface area (Å²) in [4.78, 5) is 15.9. The number of hydrogen-bond donors (Lipinski definition) is 1. The van der Waals surface area contributed by atoms with Gasteiger partial charge in [0.2, 0.25) is 0 Å². The van der Waals surface area contributed by atoms with Crippen molar-refractivity contribution < 1.29 is 13.2 Å². The predicted molar refractivity (Wildman–Crippen MR) is 117 cm³/mol. The number of hydrogen-bond acceptors (Lipinski definition) is 3. The standard InChI is InChI=1S/C22H15Cl2NO3S/c1-29(27,28)22-20(14-3-2-4-17(24)11-14)18-12-15(7-10-19(18)25-22)21(26)13-5-8-16(23)9-6-13/h2-12,25H,1H3. The van der Waals surface area contributed by atoms with Gasteiger partial charge in [-0.05, 0) is 60.2 Å². The van der Waals surface area contributed by atoms with Crippen LogP contribution in [0, 0.1) is 0 Å². The van der Waals surface area contributed by atoms with Gasteiger partial charge in [-0.3, -0.25) is 4.79 Å². The summed E-state index contributed by atoms with van der Waals surface area (Å²) in [5, 5.41) is 1.76. The molecule has 0 aliphatic rings. The second-order valence-corrected chi connectivity index (χ2v) is 9.53. The minimum absolute atomic E-state index is 0.0888. The third kappa shape index (κ3) is 3.81. The van der Waals surface area contributed by atoms with Crippen molar-refractivity contribution in [3.63, 3.8) is 0 Å². The van der Waals surface area contributed by atoms with Gasteiger partial charge in [0, 0.05) is 43.9 Å². The molecule has 1 aromatic heterocycles. The fourth-order valence-corrected chi connectivity index (χ4v) is 4.50. The summed E-state index contributed by atoms with van der Waals surface area (Å²) in [6, 6.07) is 18.7. The Morgan fingerprint density at radius 1 is 0.862 bits per heavy atom. The maximum atomic E-state index is 12.9. The number of aromatic amines is 1. The lowest BCUT2D eigenvalue weighted by atomic mass is 9.99. The summed E-state index contributed by atoms with van der Waals surface area (Å²) in [6.07, 6.45) is 1.14. The summed E-state index contributed by atoms with van der Waals surface area (Å²) in [7, 11) is -3.54. The van der Waals surface area contributed by atoms with E-state index in [9.17, 15) is 13.2 Å². The average Bonchev–Trinajstić information content (AvgIpc) is 3.07. The van der Waals surface area contributed by atoms with E-state index in [0.29, 0.717) is 43.2 Å². The van der Waals surface area contributed by atoms with Crippen LogP contribution in [-0.2, 0) is 9.84 Å². The molecule has 0 saturated carbocycles. The fraction of sp³-hybridized carbons (Fsp3) is 0.0455. The van der Waals surface area contributed by atoms with E-state index in [4.69, 9.17) is 23.2 Å². The summed E-state index contributed by atoms with van der Waals surface area (Å²) in [5.41, 5.74) is 2.71. The third-order valence-corrected chi connectivity index (χ3v) is 6.15. The molecule has 146 valence electrons. The Bertz CT molecular complexity index is 1360. The molecule has 0 fully saturated rings. The Labute approximate surface area is 178 Å². The highest BCUT2D eigenvalue weighted by Gasteiger charge is 2.22. The van der Waals surface area contributed by atoms with Crippen LogP contribution in [0.15, 0.2) is 71.8 Å². The highest BCUT2D eigenvalue weighted by atomic mass is 35.5. The summed E-state index contributed by atoms with van der Waals surface area (Å²) < 4.78 is 24.8. The molecule has 0 aliphatic carbocycles. The number of H-pyrrole nitrogens is 1.